The van der Waals surface area contributed by atoms with Crippen LogP contribution in [0.1, 0.15) is 39.5 Å². The van der Waals surface area contributed by atoms with Gasteiger partial charge in [-0.15, -0.1) is 0 Å². The molecule has 1 aliphatic rings. The zero-order chi connectivity index (χ0) is 14.6. The molecule has 0 spiro atoms. The van der Waals surface area contributed by atoms with Gasteiger partial charge in [-0.25, -0.2) is 0 Å². The zero-order valence-electron chi connectivity index (χ0n) is 11.5. The van der Waals surface area contributed by atoms with Crippen molar-refractivity contribution >= 4 is 5.91 Å². The summed E-state index contributed by atoms with van der Waals surface area (Å²) in [4.78, 5) is 13.1. The fourth-order valence-electron chi connectivity index (χ4n) is 2.24. The molecule has 1 fully saturated rings. The predicted octanol–water partition coefficient (Wildman–Crippen LogP) is 2.55. The first-order valence-corrected chi connectivity index (χ1v) is 6.84. The van der Waals surface area contributed by atoms with Crippen molar-refractivity contribution in [3.8, 4) is 0 Å². The van der Waals surface area contributed by atoms with Gasteiger partial charge in [0.15, 0.2) is 0 Å². The molecule has 0 aromatic heterocycles. The van der Waals surface area contributed by atoms with Crippen LogP contribution >= 0.6 is 0 Å². The predicted molar refractivity (Wildman–Crippen MR) is 67.4 cm³/mol. The largest absolute Gasteiger partial charge is 0.406 e. The maximum absolute atomic E-state index is 12.6. The van der Waals surface area contributed by atoms with E-state index in [0.717, 1.165) is 17.7 Å². The van der Waals surface area contributed by atoms with E-state index in [2.05, 4.69) is 0 Å². The summed E-state index contributed by atoms with van der Waals surface area (Å²) in [6.07, 6.45) is -1.70. The number of carbonyl (C=O) groups excluding carboxylic acids is 1. The van der Waals surface area contributed by atoms with Gasteiger partial charge in [-0.3, -0.25) is 4.79 Å². The van der Waals surface area contributed by atoms with Crippen molar-refractivity contribution in [3.63, 3.8) is 0 Å². The first-order chi connectivity index (χ1) is 8.78. The molecule has 2 unspecified atom stereocenters. The maximum atomic E-state index is 12.6. The third kappa shape index (κ3) is 5.38. The van der Waals surface area contributed by atoms with E-state index in [1.807, 2.05) is 6.92 Å². The standard InChI is InChI=1S/C13H23F3N2O/c1-3-10(7-17)6-12(19)18(8-13(14,15)16)9(2)11-4-5-11/h9-11H,3-8,17H2,1-2H3. The van der Waals surface area contributed by atoms with Crippen LogP contribution in [0.5, 0.6) is 0 Å². The quantitative estimate of drug-likeness (QED) is 0.779. The number of alkyl halides is 3. The van der Waals surface area contributed by atoms with Crippen LogP contribution in [-0.2, 0) is 4.79 Å². The molecule has 3 nitrogen and oxygen atoms in total. The van der Waals surface area contributed by atoms with Crippen LogP contribution in [-0.4, -0.2) is 36.1 Å². The van der Waals surface area contributed by atoms with Crippen molar-refractivity contribution in [3.05, 3.63) is 0 Å². The Morgan fingerprint density at radius 1 is 1.42 bits per heavy atom. The van der Waals surface area contributed by atoms with Gasteiger partial charge >= 0.3 is 6.18 Å². The minimum absolute atomic E-state index is 0.0327. The Labute approximate surface area is 112 Å². The number of nitrogens with zero attached hydrogens (tertiary/aromatic N) is 1. The second-order valence-corrected chi connectivity index (χ2v) is 5.43. The monoisotopic (exact) mass is 280 g/mol. The SMILES string of the molecule is CCC(CN)CC(=O)N(CC(F)(F)F)C(C)C1CC1. The van der Waals surface area contributed by atoms with E-state index >= 15 is 0 Å². The van der Waals surface area contributed by atoms with E-state index in [0.29, 0.717) is 13.0 Å². The van der Waals surface area contributed by atoms with Crippen LogP contribution in [0, 0.1) is 11.8 Å². The number of hydrogen-bond acceptors (Lipinski definition) is 2. The first kappa shape index (κ1) is 16.3. The Bertz CT molecular complexity index is 299. The number of carbonyl (C=O) groups is 1. The fraction of sp³-hybridized carbons (Fsp3) is 0.923. The maximum Gasteiger partial charge on any atom is 0.406 e. The lowest BCUT2D eigenvalue weighted by atomic mass is 10.0. The Kier molecular flexibility index (Phi) is 5.64. The van der Waals surface area contributed by atoms with E-state index < -0.39 is 18.6 Å². The van der Waals surface area contributed by atoms with Crippen molar-refractivity contribution in [2.75, 3.05) is 13.1 Å². The highest BCUT2D eigenvalue weighted by molar-refractivity contribution is 5.77. The molecule has 2 atom stereocenters. The minimum atomic E-state index is -4.34. The number of hydrogen-bond donors (Lipinski definition) is 1. The Morgan fingerprint density at radius 3 is 2.37 bits per heavy atom. The highest BCUT2D eigenvalue weighted by Gasteiger charge is 2.40. The van der Waals surface area contributed by atoms with Crippen LogP contribution in [0.15, 0.2) is 0 Å². The summed E-state index contributed by atoms with van der Waals surface area (Å²) < 4.78 is 37.8. The molecule has 0 saturated heterocycles. The van der Waals surface area contributed by atoms with E-state index in [1.165, 1.54) is 0 Å². The van der Waals surface area contributed by atoms with E-state index in [1.54, 1.807) is 6.92 Å². The Morgan fingerprint density at radius 2 is 2.00 bits per heavy atom. The average Bonchev–Trinajstić information content (AvgIpc) is 3.14. The molecule has 1 rings (SSSR count). The smallest absolute Gasteiger partial charge is 0.331 e. The molecule has 1 saturated carbocycles. The van der Waals surface area contributed by atoms with Gasteiger partial charge in [0.2, 0.25) is 5.91 Å². The van der Waals surface area contributed by atoms with Gasteiger partial charge in [0, 0.05) is 12.5 Å². The molecular formula is C13H23F3N2O. The summed E-state index contributed by atoms with van der Waals surface area (Å²) >= 11 is 0. The molecule has 112 valence electrons. The lowest BCUT2D eigenvalue weighted by Gasteiger charge is -2.31. The number of amides is 1. The third-order valence-corrected chi connectivity index (χ3v) is 3.84. The highest BCUT2D eigenvalue weighted by Crippen LogP contribution is 2.36. The Balaban J connectivity index is 2.68. The summed E-state index contributed by atoms with van der Waals surface area (Å²) in [6.45, 7) is 2.79. The molecular weight excluding hydrogens is 257 g/mol. The van der Waals surface area contributed by atoms with Gasteiger partial charge in [-0.2, -0.15) is 13.2 Å². The molecule has 0 bridgehead atoms. The molecule has 2 N–H and O–H groups in total. The van der Waals surface area contributed by atoms with Gasteiger partial charge in [-0.05, 0) is 38.1 Å². The lowest BCUT2D eigenvalue weighted by molar-refractivity contribution is -0.166. The topological polar surface area (TPSA) is 46.3 Å². The third-order valence-electron chi connectivity index (χ3n) is 3.84. The van der Waals surface area contributed by atoms with Gasteiger partial charge in [0.05, 0.1) is 0 Å². The van der Waals surface area contributed by atoms with Crippen LogP contribution in [0.4, 0.5) is 13.2 Å². The molecule has 0 aromatic rings. The van der Waals surface area contributed by atoms with E-state index in [-0.39, 0.29) is 24.3 Å². The summed E-state index contributed by atoms with van der Waals surface area (Å²) in [5.74, 6) is -0.229. The molecule has 19 heavy (non-hydrogen) atoms. The second kappa shape index (κ2) is 6.59. The zero-order valence-corrected chi connectivity index (χ0v) is 11.5. The molecule has 6 heteroatoms. The first-order valence-electron chi connectivity index (χ1n) is 6.84. The van der Waals surface area contributed by atoms with Crippen molar-refractivity contribution in [2.24, 2.45) is 17.6 Å². The molecule has 1 aliphatic carbocycles. The van der Waals surface area contributed by atoms with Crippen molar-refractivity contribution < 1.29 is 18.0 Å². The van der Waals surface area contributed by atoms with Crippen LogP contribution in [0.3, 0.4) is 0 Å². The number of halogens is 3. The van der Waals surface area contributed by atoms with Crippen LogP contribution in [0.2, 0.25) is 0 Å². The van der Waals surface area contributed by atoms with Gasteiger partial charge < -0.3 is 10.6 Å². The average molecular weight is 280 g/mol. The highest BCUT2D eigenvalue weighted by atomic mass is 19.4. The number of nitrogens with two attached hydrogens (primary N) is 1. The molecule has 0 aromatic carbocycles. The van der Waals surface area contributed by atoms with E-state index in [9.17, 15) is 18.0 Å². The van der Waals surface area contributed by atoms with Gasteiger partial charge in [0.1, 0.15) is 6.54 Å². The van der Waals surface area contributed by atoms with Gasteiger partial charge in [0.25, 0.3) is 0 Å². The second-order valence-electron chi connectivity index (χ2n) is 5.43. The van der Waals surface area contributed by atoms with Crippen molar-refractivity contribution in [1.82, 2.24) is 4.90 Å². The minimum Gasteiger partial charge on any atom is -0.331 e. The molecule has 0 radical (unpaired) electrons. The van der Waals surface area contributed by atoms with Crippen LogP contribution < -0.4 is 5.73 Å². The summed E-state index contributed by atoms with van der Waals surface area (Å²) in [7, 11) is 0. The summed E-state index contributed by atoms with van der Waals surface area (Å²) in [5, 5.41) is 0. The Hall–Kier alpha value is -0.780. The molecule has 0 heterocycles. The fourth-order valence-corrected chi connectivity index (χ4v) is 2.24. The van der Waals surface area contributed by atoms with Gasteiger partial charge in [-0.1, -0.05) is 13.3 Å². The van der Waals surface area contributed by atoms with E-state index in [4.69, 9.17) is 5.73 Å². The summed E-state index contributed by atoms with van der Waals surface area (Å²) in [5.41, 5.74) is 5.51. The molecule has 1 amide bonds. The summed E-state index contributed by atoms with van der Waals surface area (Å²) in [6, 6.07) is -0.329. The van der Waals surface area contributed by atoms with Crippen LogP contribution in [0.25, 0.3) is 0 Å². The van der Waals surface area contributed by atoms with Crippen molar-refractivity contribution in [2.45, 2.75) is 51.7 Å². The lowest BCUT2D eigenvalue weighted by Crippen LogP contribution is -2.46. The normalized spacial score (nSPS) is 19.1. The van der Waals surface area contributed by atoms with Crippen molar-refractivity contribution in [1.29, 1.82) is 0 Å². The number of rotatable bonds is 7. The molecule has 0 aliphatic heterocycles.